The quantitative estimate of drug-likeness (QED) is 0.417. The molecule has 0 bridgehead atoms. The van der Waals surface area contributed by atoms with E-state index in [1.807, 2.05) is 0 Å². The number of nitro benzene ring substituents is 1. The molecule has 0 spiro atoms. The maximum Gasteiger partial charge on any atom is 0.280 e. The summed E-state index contributed by atoms with van der Waals surface area (Å²) in [5.41, 5.74) is 0.0672. The monoisotopic (exact) mass is 205 g/mol. The third-order valence-electron chi connectivity index (χ3n) is 2.12. The van der Waals surface area contributed by atoms with E-state index in [1.165, 1.54) is 30.5 Å². The zero-order chi connectivity index (χ0) is 11.0. The topological polar surface area (TPSA) is 92.2 Å². The van der Waals surface area contributed by atoms with Gasteiger partial charge in [0.25, 0.3) is 5.69 Å². The first-order chi connectivity index (χ1) is 7.11. The Balaban J connectivity index is 3.03. The highest BCUT2D eigenvalue weighted by molar-refractivity contribution is 5.87. The predicted molar refractivity (Wildman–Crippen MR) is 51.6 cm³/mol. The summed E-state index contributed by atoms with van der Waals surface area (Å²) < 4.78 is 0.764. The molecule has 0 saturated carbocycles. The lowest BCUT2D eigenvalue weighted by Gasteiger charge is -2.03. The molecule has 2 N–H and O–H groups in total. The minimum Gasteiger partial charge on any atom is -0.428 e. The van der Waals surface area contributed by atoms with Crippen molar-refractivity contribution in [3.63, 3.8) is 0 Å². The van der Waals surface area contributed by atoms with E-state index in [1.54, 1.807) is 0 Å². The van der Waals surface area contributed by atoms with Crippen LogP contribution in [0.1, 0.15) is 0 Å². The molecular formula is C9H7N3O3. The highest BCUT2D eigenvalue weighted by Crippen LogP contribution is 2.20. The van der Waals surface area contributed by atoms with Gasteiger partial charge in [-0.25, -0.2) is 0 Å². The number of hydrogen-bond donors (Lipinski definition) is 2. The van der Waals surface area contributed by atoms with Gasteiger partial charge in [0.05, 0.1) is 15.8 Å². The molecule has 1 aromatic heterocycles. The van der Waals surface area contributed by atoms with Crippen molar-refractivity contribution >= 4 is 16.6 Å². The predicted octanol–water partition coefficient (Wildman–Crippen LogP) is 1.27. The van der Waals surface area contributed by atoms with Gasteiger partial charge in [-0.05, 0) is 12.1 Å². The molecule has 1 aromatic carbocycles. The molecule has 2 rings (SSSR count). The van der Waals surface area contributed by atoms with Crippen molar-refractivity contribution in [2.75, 3.05) is 0 Å². The Morgan fingerprint density at radius 3 is 2.80 bits per heavy atom. The van der Waals surface area contributed by atoms with Gasteiger partial charge in [-0.1, -0.05) is 6.07 Å². The number of rotatable bonds is 1. The van der Waals surface area contributed by atoms with Crippen molar-refractivity contribution < 1.29 is 10.1 Å². The number of non-ortho nitro benzene ring substituents is 1. The maximum atomic E-state index is 10.7. The SMILES string of the molecule is N=c1ccn(O)c2cccc([N+](=O)[O-])c12. The first kappa shape index (κ1) is 9.20. The maximum absolute atomic E-state index is 10.7. The lowest BCUT2D eigenvalue weighted by molar-refractivity contribution is -0.383. The van der Waals surface area contributed by atoms with E-state index in [4.69, 9.17) is 5.41 Å². The molecule has 76 valence electrons. The second kappa shape index (κ2) is 3.09. The molecule has 0 fully saturated rings. The van der Waals surface area contributed by atoms with Gasteiger partial charge in [-0.2, -0.15) is 4.73 Å². The summed E-state index contributed by atoms with van der Waals surface area (Å²) in [7, 11) is 0. The summed E-state index contributed by atoms with van der Waals surface area (Å²) in [4.78, 5) is 10.1. The van der Waals surface area contributed by atoms with Crippen LogP contribution in [0.2, 0.25) is 0 Å². The minimum absolute atomic E-state index is 0.0163. The highest BCUT2D eigenvalue weighted by Gasteiger charge is 2.13. The van der Waals surface area contributed by atoms with E-state index in [-0.39, 0.29) is 21.9 Å². The largest absolute Gasteiger partial charge is 0.428 e. The van der Waals surface area contributed by atoms with Crippen LogP contribution in [0, 0.1) is 15.5 Å². The molecule has 0 aliphatic carbocycles. The second-order valence-electron chi connectivity index (χ2n) is 3.00. The van der Waals surface area contributed by atoms with Gasteiger partial charge in [0.1, 0.15) is 5.39 Å². The number of hydrogen-bond acceptors (Lipinski definition) is 4. The third-order valence-corrected chi connectivity index (χ3v) is 2.12. The van der Waals surface area contributed by atoms with E-state index < -0.39 is 4.92 Å². The van der Waals surface area contributed by atoms with Crippen LogP contribution in [-0.2, 0) is 0 Å². The standard InChI is InChI=1S/C9H7N3O3/c10-6-4-5-11(13)7-2-1-3-8(9(6)7)12(14)15/h1-5,10,13H. The van der Waals surface area contributed by atoms with Crippen LogP contribution < -0.4 is 5.36 Å². The number of aromatic nitrogens is 1. The number of fused-ring (bicyclic) bond motifs is 1. The van der Waals surface area contributed by atoms with Gasteiger partial charge in [0, 0.05) is 12.3 Å². The fourth-order valence-electron chi connectivity index (χ4n) is 1.46. The summed E-state index contributed by atoms with van der Waals surface area (Å²) in [5, 5.41) is 27.8. The van der Waals surface area contributed by atoms with Crippen LogP contribution in [-0.4, -0.2) is 14.9 Å². The summed E-state index contributed by atoms with van der Waals surface area (Å²) in [5.74, 6) is 0. The lowest BCUT2D eigenvalue weighted by Crippen LogP contribution is -2.08. The van der Waals surface area contributed by atoms with Crippen LogP contribution in [0.3, 0.4) is 0 Å². The Hall–Kier alpha value is -2.37. The molecule has 2 aromatic rings. The van der Waals surface area contributed by atoms with E-state index >= 15 is 0 Å². The number of nitrogens with zero attached hydrogens (tertiary/aromatic N) is 2. The molecule has 0 aliphatic rings. The minimum atomic E-state index is -0.569. The average Bonchev–Trinajstić information content (AvgIpc) is 2.23. The molecule has 6 heteroatoms. The first-order valence-corrected chi connectivity index (χ1v) is 4.14. The zero-order valence-corrected chi connectivity index (χ0v) is 7.54. The number of pyridine rings is 1. The fourth-order valence-corrected chi connectivity index (χ4v) is 1.46. The fraction of sp³-hybridized carbons (Fsp3) is 0. The smallest absolute Gasteiger partial charge is 0.280 e. The van der Waals surface area contributed by atoms with Gasteiger partial charge in [0.15, 0.2) is 0 Å². The van der Waals surface area contributed by atoms with Crippen molar-refractivity contribution in [3.05, 3.63) is 45.9 Å². The van der Waals surface area contributed by atoms with E-state index in [2.05, 4.69) is 0 Å². The Morgan fingerprint density at radius 2 is 2.13 bits per heavy atom. The van der Waals surface area contributed by atoms with Crippen molar-refractivity contribution in [2.45, 2.75) is 0 Å². The Labute approximate surface area is 83.6 Å². The lowest BCUT2D eigenvalue weighted by atomic mass is 10.2. The zero-order valence-electron chi connectivity index (χ0n) is 7.54. The molecule has 0 unspecified atom stereocenters. The Bertz CT molecular complexity index is 603. The van der Waals surface area contributed by atoms with Crippen LogP contribution in [0.5, 0.6) is 0 Å². The van der Waals surface area contributed by atoms with E-state index in [9.17, 15) is 15.3 Å². The number of nitrogens with one attached hydrogen (secondary N) is 1. The molecule has 0 atom stereocenters. The van der Waals surface area contributed by atoms with Crippen molar-refractivity contribution in [3.8, 4) is 0 Å². The third kappa shape index (κ3) is 1.32. The number of nitro groups is 1. The van der Waals surface area contributed by atoms with E-state index in [0.717, 1.165) is 4.73 Å². The molecule has 0 saturated heterocycles. The molecule has 15 heavy (non-hydrogen) atoms. The Kier molecular flexibility index (Phi) is 1.89. The summed E-state index contributed by atoms with van der Waals surface area (Å²) in [6, 6.07) is 5.59. The molecule has 0 amide bonds. The van der Waals surface area contributed by atoms with Gasteiger partial charge in [-0.3, -0.25) is 15.5 Å². The molecule has 0 radical (unpaired) electrons. The molecular weight excluding hydrogens is 198 g/mol. The molecule has 1 heterocycles. The van der Waals surface area contributed by atoms with E-state index in [0.29, 0.717) is 0 Å². The van der Waals surface area contributed by atoms with Crippen molar-refractivity contribution in [1.29, 1.82) is 5.41 Å². The van der Waals surface area contributed by atoms with Gasteiger partial charge in [-0.15, -0.1) is 0 Å². The summed E-state index contributed by atoms with van der Waals surface area (Å²) in [6.07, 6.45) is 1.27. The van der Waals surface area contributed by atoms with Crippen LogP contribution in [0.25, 0.3) is 10.9 Å². The average molecular weight is 205 g/mol. The normalized spacial score (nSPS) is 10.4. The molecule has 6 nitrogen and oxygen atoms in total. The van der Waals surface area contributed by atoms with Crippen molar-refractivity contribution in [2.24, 2.45) is 0 Å². The Morgan fingerprint density at radius 1 is 1.40 bits per heavy atom. The molecule has 0 aliphatic heterocycles. The van der Waals surface area contributed by atoms with Crippen LogP contribution in [0.15, 0.2) is 30.5 Å². The van der Waals surface area contributed by atoms with Crippen LogP contribution >= 0.6 is 0 Å². The van der Waals surface area contributed by atoms with Gasteiger partial charge in [0.2, 0.25) is 0 Å². The van der Waals surface area contributed by atoms with Gasteiger partial charge >= 0.3 is 0 Å². The summed E-state index contributed by atoms with van der Waals surface area (Å²) in [6.45, 7) is 0. The van der Waals surface area contributed by atoms with Gasteiger partial charge < -0.3 is 5.21 Å². The summed E-state index contributed by atoms with van der Waals surface area (Å²) >= 11 is 0. The first-order valence-electron chi connectivity index (χ1n) is 4.14. The van der Waals surface area contributed by atoms with Crippen LogP contribution in [0.4, 0.5) is 5.69 Å². The highest BCUT2D eigenvalue weighted by atomic mass is 16.6. The second-order valence-corrected chi connectivity index (χ2v) is 3.00. The number of benzene rings is 1. The van der Waals surface area contributed by atoms with Crippen molar-refractivity contribution in [1.82, 2.24) is 4.73 Å².